The average molecular weight is 178 g/mol. The predicted octanol–water partition coefficient (Wildman–Crippen LogP) is -0.692. The molecule has 50 valence electrons. The van der Waals surface area contributed by atoms with Crippen LogP contribution in [0.15, 0.2) is 0 Å². The molecule has 0 rings (SSSR count). The molecule has 0 aromatic carbocycles. The Morgan fingerprint density at radius 3 is 1.88 bits per heavy atom. The first-order valence-electron chi connectivity index (χ1n) is 2.07. The number of hydrogen-bond acceptors (Lipinski definition) is 3. The third kappa shape index (κ3) is 9.83. The maximum absolute atomic E-state index is 9.70. The first-order valence-corrected chi connectivity index (χ1v) is 3.80. The molecule has 0 unspecified atom stereocenters. The number of hydrogen-bond donors (Lipinski definition) is 0. The minimum Gasteiger partial charge on any atom is -0.811 e. The van der Waals surface area contributed by atoms with Gasteiger partial charge in [0.2, 0.25) is 0 Å². The van der Waals surface area contributed by atoms with E-state index in [4.69, 9.17) is 0 Å². The van der Waals surface area contributed by atoms with Crippen LogP contribution in [0.1, 0.15) is 13.3 Å². The summed E-state index contributed by atoms with van der Waals surface area (Å²) in [4.78, 5) is 19.4. The zero-order valence-corrected chi connectivity index (χ0v) is 6.44. The topological polar surface area (TPSA) is 63.2 Å². The van der Waals surface area contributed by atoms with Crippen LogP contribution in [0.5, 0.6) is 0 Å². The van der Waals surface area contributed by atoms with Gasteiger partial charge in [-0.2, -0.15) is 0 Å². The van der Waals surface area contributed by atoms with Gasteiger partial charge in [-0.1, -0.05) is 20.9 Å². The first kappa shape index (κ1) is 11.5. The average Bonchev–Trinajstić information content (AvgIpc) is 1.30. The number of rotatable bonds is 2. The van der Waals surface area contributed by atoms with Gasteiger partial charge in [0, 0.05) is 0 Å². The van der Waals surface area contributed by atoms with Crippen molar-refractivity contribution in [2.24, 2.45) is 0 Å². The van der Waals surface area contributed by atoms with Gasteiger partial charge < -0.3 is 14.4 Å². The summed E-state index contributed by atoms with van der Waals surface area (Å²) >= 11 is 0. The van der Waals surface area contributed by atoms with E-state index in [2.05, 4.69) is 0 Å². The molecule has 0 aliphatic rings. The van der Waals surface area contributed by atoms with Gasteiger partial charge in [-0.05, 0) is 6.16 Å². The van der Waals surface area contributed by atoms with Crippen LogP contribution < -0.4 is 9.79 Å². The molecule has 5 heteroatoms. The normalized spacial score (nSPS) is 10.4. The largest absolute Gasteiger partial charge is 2.00 e. The van der Waals surface area contributed by atoms with Crippen LogP contribution in [0.25, 0.3) is 0 Å². The van der Waals surface area contributed by atoms with Gasteiger partial charge in [0.15, 0.2) is 0 Å². The second kappa shape index (κ2) is 4.54. The van der Waals surface area contributed by atoms with E-state index < -0.39 is 7.60 Å². The minimum atomic E-state index is -4.17. The van der Waals surface area contributed by atoms with Gasteiger partial charge in [-0.25, -0.2) is 0 Å². The summed E-state index contributed by atoms with van der Waals surface area (Å²) in [7, 11) is -4.17. The van der Waals surface area contributed by atoms with Crippen LogP contribution in [0, 0.1) is 0 Å². The van der Waals surface area contributed by atoms with E-state index in [0.29, 0.717) is 6.42 Å². The van der Waals surface area contributed by atoms with Crippen molar-refractivity contribution >= 4 is 7.60 Å². The maximum atomic E-state index is 9.70. The fourth-order valence-electron chi connectivity index (χ4n) is 0.274. The van der Waals surface area contributed by atoms with Gasteiger partial charge in [-0.15, -0.1) is 0 Å². The van der Waals surface area contributed by atoms with Crippen LogP contribution >= 0.6 is 7.60 Å². The molecule has 0 aromatic heterocycles. The molecule has 0 aliphatic carbocycles. The van der Waals surface area contributed by atoms with Crippen LogP contribution in [0.3, 0.4) is 0 Å². The minimum absolute atomic E-state index is 0. The van der Waals surface area contributed by atoms with Gasteiger partial charge in [-0.3, -0.25) is 0 Å². The fraction of sp³-hybridized carbons (Fsp3) is 1.00. The molecular weight excluding hydrogens is 171 g/mol. The van der Waals surface area contributed by atoms with E-state index in [1.165, 1.54) is 0 Å². The van der Waals surface area contributed by atoms with Crippen molar-refractivity contribution in [2.75, 3.05) is 6.16 Å². The van der Waals surface area contributed by atoms with Crippen molar-refractivity contribution in [3.8, 4) is 0 Å². The Labute approximate surface area is 59.1 Å². The monoisotopic (exact) mass is 178 g/mol. The van der Waals surface area contributed by atoms with E-state index in [-0.39, 0.29) is 23.2 Å². The van der Waals surface area contributed by atoms with Gasteiger partial charge in [0.25, 0.3) is 0 Å². The standard InChI is InChI=1S/C3H9O3P.Fe/c1-2-3-7(4,5)6;/h2-3H2,1H3,(H2,4,5,6);/q;+2/p-2. The van der Waals surface area contributed by atoms with E-state index in [0.717, 1.165) is 0 Å². The molecule has 0 fully saturated rings. The molecule has 0 aliphatic heterocycles. The SMILES string of the molecule is CCCP(=O)([O-])[O-].[Fe+2]. The zero-order chi connectivity index (χ0) is 5.91. The second-order valence-electron chi connectivity index (χ2n) is 1.33. The molecule has 0 radical (unpaired) electrons. The van der Waals surface area contributed by atoms with Crippen molar-refractivity contribution in [3.63, 3.8) is 0 Å². The molecule has 8 heavy (non-hydrogen) atoms. The summed E-state index contributed by atoms with van der Waals surface area (Å²) in [6, 6.07) is 0. The van der Waals surface area contributed by atoms with E-state index >= 15 is 0 Å². The molecule has 0 N–H and O–H groups in total. The van der Waals surface area contributed by atoms with Crippen LogP contribution in [0.2, 0.25) is 0 Å². The Morgan fingerprint density at radius 2 is 1.88 bits per heavy atom. The van der Waals surface area contributed by atoms with Crippen LogP contribution in [-0.4, -0.2) is 6.16 Å². The second-order valence-corrected chi connectivity index (χ2v) is 3.00. The summed E-state index contributed by atoms with van der Waals surface area (Å²) in [6.07, 6.45) is 0.206. The molecule has 0 bridgehead atoms. The Bertz CT molecular complexity index is 88.5. The molecule has 0 saturated heterocycles. The van der Waals surface area contributed by atoms with Crippen molar-refractivity contribution in [2.45, 2.75) is 13.3 Å². The summed E-state index contributed by atoms with van der Waals surface area (Å²) in [5.74, 6) is 0. The molecular formula is C3H7FeO3P. The summed E-state index contributed by atoms with van der Waals surface area (Å²) < 4.78 is 9.70. The van der Waals surface area contributed by atoms with E-state index in [1.807, 2.05) is 0 Å². The Balaban J connectivity index is 0. The summed E-state index contributed by atoms with van der Waals surface area (Å²) in [5.41, 5.74) is 0. The third-order valence-corrected chi connectivity index (χ3v) is 1.49. The van der Waals surface area contributed by atoms with Crippen molar-refractivity contribution in [3.05, 3.63) is 0 Å². The Hall–Kier alpha value is 0.669. The van der Waals surface area contributed by atoms with Crippen LogP contribution in [-0.2, 0) is 21.6 Å². The van der Waals surface area contributed by atoms with Crippen molar-refractivity contribution < 1.29 is 31.4 Å². The quantitative estimate of drug-likeness (QED) is 0.415. The maximum Gasteiger partial charge on any atom is 2.00 e. The van der Waals surface area contributed by atoms with Gasteiger partial charge >= 0.3 is 17.1 Å². The van der Waals surface area contributed by atoms with Crippen molar-refractivity contribution in [1.82, 2.24) is 0 Å². The van der Waals surface area contributed by atoms with Gasteiger partial charge in [0.1, 0.15) is 0 Å². The molecule has 0 heterocycles. The molecule has 0 amide bonds. The summed E-state index contributed by atoms with van der Waals surface area (Å²) in [5, 5.41) is 0. The first-order chi connectivity index (χ1) is 3.06. The van der Waals surface area contributed by atoms with Crippen molar-refractivity contribution in [1.29, 1.82) is 0 Å². The van der Waals surface area contributed by atoms with Gasteiger partial charge in [0.05, 0.1) is 0 Å². The zero-order valence-electron chi connectivity index (χ0n) is 4.44. The molecule has 0 atom stereocenters. The fourth-order valence-corrected chi connectivity index (χ4v) is 0.822. The Morgan fingerprint density at radius 1 is 1.50 bits per heavy atom. The van der Waals surface area contributed by atoms with E-state index in [9.17, 15) is 14.4 Å². The molecule has 0 saturated carbocycles. The third-order valence-electron chi connectivity index (χ3n) is 0.497. The van der Waals surface area contributed by atoms with E-state index in [1.54, 1.807) is 6.92 Å². The smallest absolute Gasteiger partial charge is 0.811 e. The molecule has 0 spiro atoms. The molecule has 0 aromatic rings. The molecule has 3 nitrogen and oxygen atoms in total. The summed E-state index contributed by atoms with van der Waals surface area (Å²) in [6.45, 7) is 1.66. The Kier molecular flexibility index (Phi) is 6.50. The van der Waals surface area contributed by atoms with Crippen LogP contribution in [0.4, 0.5) is 0 Å². The predicted molar refractivity (Wildman–Crippen MR) is 22.8 cm³/mol.